The smallest absolute Gasteiger partial charge is 0.123 e. The molecule has 0 bridgehead atoms. The highest BCUT2D eigenvalue weighted by atomic mass is 16.5. The van der Waals surface area contributed by atoms with Crippen molar-refractivity contribution in [1.29, 1.82) is 0 Å². The average molecular weight is 260 g/mol. The highest BCUT2D eigenvalue weighted by molar-refractivity contribution is 5.50. The summed E-state index contributed by atoms with van der Waals surface area (Å²) < 4.78 is 6.06. The van der Waals surface area contributed by atoms with E-state index in [0.29, 0.717) is 18.1 Å². The van der Waals surface area contributed by atoms with Crippen LogP contribution >= 0.6 is 0 Å². The molecule has 2 atom stereocenters. The topological polar surface area (TPSA) is 29.5 Å². The van der Waals surface area contributed by atoms with Crippen molar-refractivity contribution in [2.24, 2.45) is 0 Å². The van der Waals surface area contributed by atoms with Crippen LogP contribution in [0.2, 0.25) is 0 Å². The molecule has 0 spiro atoms. The fourth-order valence-electron chi connectivity index (χ4n) is 2.92. The van der Waals surface area contributed by atoms with Gasteiger partial charge >= 0.3 is 0 Å². The molecule has 2 rings (SSSR count). The van der Waals surface area contributed by atoms with Crippen LogP contribution in [0.3, 0.4) is 0 Å². The predicted octanol–water partition coefficient (Wildman–Crippen LogP) is 4.57. The second kappa shape index (κ2) is 6.14. The monoisotopic (exact) mass is 260 g/mol. The van der Waals surface area contributed by atoms with Crippen LogP contribution in [0, 0.1) is 0 Å². The Hall–Kier alpha value is -1.44. The Bertz CT molecular complexity index is 451. The van der Waals surface area contributed by atoms with Gasteiger partial charge in [-0.15, -0.1) is 6.58 Å². The summed E-state index contributed by atoms with van der Waals surface area (Å²) in [6, 6.07) is 3.89. The van der Waals surface area contributed by atoms with Crippen LogP contribution < -0.4 is 4.74 Å². The molecule has 104 valence electrons. The molecule has 0 radical (unpaired) electrons. The molecule has 2 heteroatoms. The van der Waals surface area contributed by atoms with Gasteiger partial charge in [-0.25, -0.2) is 0 Å². The third-order valence-electron chi connectivity index (χ3n) is 3.97. The van der Waals surface area contributed by atoms with Crippen molar-refractivity contribution in [2.75, 3.05) is 0 Å². The first-order valence-electron chi connectivity index (χ1n) is 7.34. The molecule has 0 aliphatic carbocycles. The van der Waals surface area contributed by atoms with E-state index in [4.69, 9.17) is 4.74 Å². The van der Waals surface area contributed by atoms with E-state index in [1.807, 2.05) is 18.2 Å². The summed E-state index contributed by atoms with van der Waals surface area (Å²) in [4.78, 5) is 0. The third-order valence-corrected chi connectivity index (χ3v) is 3.97. The number of ether oxygens (including phenoxy) is 1. The molecule has 1 N–H and O–H groups in total. The molecule has 0 aromatic heterocycles. The minimum absolute atomic E-state index is 0.264. The molecule has 1 heterocycles. The van der Waals surface area contributed by atoms with E-state index >= 15 is 0 Å². The van der Waals surface area contributed by atoms with E-state index < -0.39 is 0 Å². The molecule has 19 heavy (non-hydrogen) atoms. The molecule has 1 aliphatic heterocycles. The van der Waals surface area contributed by atoms with Crippen molar-refractivity contribution in [3.63, 3.8) is 0 Å². The molecule has 0 saturated heterocycles. The lowest BCUT2D eigenvalue weighted by Crippen LogP contribution is -2.17. The Morgan fingerprint density at radius 2 is 2.16 bits per heavy atom. The van der Waals surface area contributed by atoms with Gasteiger partial charge in [0.25, 0.3) is 0 Å². The number of phenols is 1. The summed E-state index contributed by atoms with van der Waals surface area (Å²) in [6.07, 6.45) is 7.31. The fourth-order valence-corrected chi connectivity index (χ4v) is 2.92. The van der Waals surface area contributed by atoms with Gasteiger partial charge in [0.1, 0.15) is 17.6 Å². The number of unbranched alkanes of at least 4 members (excludes halogenated alkanes) is 1. The number of aromatic hydroxyl groups is 1. The number of fused-ring (bicyclic) bond motifs is 1. The average Bonchev–Trinajstić information content (AvgIpc) is 2.74. The summed E-state index contributed by atoms with van der Waals surface area (Å²) in [5.74, 6) is 1.77. The largest absolute Gasteiger partial charge is 0.508 e. The Balaban J connectivity index is 2.30. The Morgan fingerprint density at radius 3 is 2.79 bits per heavy atom. The van der Waals surface area contributed by atoms with E-state index in [9.17, 15) is 5.11 Å². The van der Waals surface area contributed by atoms with Crippen LogP contribution in [0.1, 0.15) is 56.6 Å². The van der Waals surface area contributed by atoms with Gasteiger partial charge in [0, 0.05) is 17.0 Å². The van der Waals surface area contributed by atoms with Crippen LogP contribution in [0.5, 0.6) is 11.5 Å². The molecular formula is C17H24O2. The van der Waals surface area contributed by atoms with Gasteiger partial charge in [0.2, 0.25) is 0 Å². The number of benzene rings is 1. The molecule has 0 saturated carbocycles. The minimum Gasteiger partial charge on any atom is -0.508 e. The lowest BCUT2D eigenvalue weighted by atomic mass is 9.88. The predicted molar refractivity (Wildman–Crippen MR) is 79.0 cm³/mol. The van der Waals surface area contributed by atoms with Gasteiger partial charge in [0.05, 0.1) is 0 Å². The van der Waals surface area contributed by atoms with E-state index in [-0.39, 0.29) is 6.10 Å². The summed E-state index contributed by atoms with van der Waals surface area (Å²) in [7, 11) is 0. The molecule has 1 aromatic rings. The highest BCUT2D eigenvalue weighted by Crippen LogP contribution is 2.45. The maximum atomic E-state index is 10.1. The first-order valence-corrected chi connectivity index (χ1v) is 7.34. The second-order valence-electron chi connectivity index (χ2n) is 5.32. The van der Waals surface area contributed by atoms with Gasteiger partial charge in [-0.05, 0) is 31.4 Å². The van der Waals surface area contributed by atoms with Gasteiger partial charge in [0.15, 0.2) is 0 Å². The fraction of sp³-hybridized carbons (Fsp3) is 0.529. The van der Waals surface area contributed by atoms with Gasteiger partial charge in [-0.2, -0.15) is 0 Å². The lowest BCUT2D eigenvalue weighted by molar-refractivity contribution is 0.194. The van der Waals surface area contributed by atoms with Gasteiger partial charge in [-0.3, -0.25) is 0 Å². The van der Waals surface area contributed by atoms with Crippen molar-refractivity contribution in [1.82, 2.24) is 0 Å². The lowest BCUT2D eigenvalue weighted by Gasteiger charge is -2.16. The molecule has 1 aromatic carbocycles. The highest BCUT2D eigenvalue weighted by Gasteiger charge is 2.33. The summed E-state index contributed by atoms with van der Waals surface area (Å²) in [5.41, 5.74) is 2.09. The number of allylic oxidation sites excluding steroid dienone is 1. The maximum Gasteiger partial charge on any atom is 0.123 e. The molecule has 0 fully saturated rings. The third kappa shape index (κ3) is 2.78. The molecule has 2 nitrogen and oxygen atoms in total. The van der Waals surface area contributed by atoms with E-state index in [2.05, 4.69) is 20.4 Å². The van der Waals surface area contributed by atoms with Crippen molar-refractivity contribution in [2.45, 2.75) is 58.0 Å². The normalized spacial score (nSPS) is 20.9. The van der Waals surface area contributed by atoms with Gasteiger partial charge in [-0.1, -0.05) is 32.8 Å². The molecular weight excluding hydrogens is 236 g/mol. The summed E-state index contributed by atoms with van der Waals surface area (Å²) in [6.45, 7) is 8.10. The minimum atomic E-state index is 0.264. The van der Waals surface area contributed by atoms with Crippen molar-refractivity contribution in [3.05, 3.63) is 35.9 Å². The Labute approximate surface area is 116 Å². The van der Waals surface area contributed by atoms with Gasteiger partial charge < -0.3 is 9.84 Å². The number of rotatable bonds is 6. The SMILES string of the molecule is C=CCc1cc2c(cc1O)C(CCCC)C(CC)O2. The molecule has 1 aliphatic rings. The van der Waals surface area contributed by atoms with Crippen LogP contribution in [0.4, 0.5) is 0 Å². The van der Waals surface area contributed by atoms with Crippen LogP contribution in [-0.4, -0.2) is 11.2 Å². The van der Waals surface area contributed by atoms with Crippen LogP contribution in [0.15, 0.2) is 24.8 Å². The Morgan fingerprint density at radius 1 is 1.37 bits per heavy atom. The second-order valence-corrected chi connectivity index (χ2v) is 5.32. The van der Waals surface area contributed by atoms with Crippen LogP contribution in [0.25, 0.3) is 0 Å². The zero-order chi connectivity index (χ0) is 13.8. The Kier molecular flexibility index (Phi) is 4.52. The van der Waals surface area contributed by atoms with Crippen LogP contribution in [-0.2, 0) is 6.42 Å². The maximum absolute atomic E-state index is 10.1. The first kappa shape index (κ1) is 14.0. The number of hydrogen-bond acceptors (Lipinski definition) is 2. The van der Waals surface area contributed by atoms with E-state index in [0.717, 1.165) is 24.2 Å². The number of phenolic OH excluding ortho intramolecular Hbond substituents is 1. The van der Waals surface area contributed by atoms with Crippen molar-refractivity contribution < 1.29 is 9.84 Å². The first-order chi connectivity index (χ1) is 9.21. The molecule has 0 amide bonds. The summed E-state index contributed by atoms with van der Waals surface area (Å²) in [5, 5.41) is 10.1. The van der Waals surface area contributed by atoms with E-state index in [1.165, 1.54) is 18.4 Å². The zero-order valence-electron chi connectivity index (χ0n) is 12.0. The quantitative estimate of drug-likeness (QED) is 0.759. The zero-order valence-corrected chi connectivity index (χ0v) is 12.0. The summed E-state index contributed by atoms with van der Waals surface area (Å²) >= 11 is 0. The van der Waals surface area contributed by atoms with Crippen molar-refractivity contribution in [3.8, 4) is 11.5 Å². The number of hydrogen-bond donors (Lipinski definition) is 1. The van der Waals surface area contributed by atoms with Crippen molar-refractivity contribution >= 4 is 0 Å². The molecule has 2 unspecified atom stereocenters. The standard InChI is InChI=1S/C17H24O2/c1-4-7-9-13-14-11-15(18)12(8-5-2)10-17(14)19-16(13)6-3/h5,10-11,13,16,18H,2,4,6-9H2,1,3H3. The van der Waals surface area contributed by atoms with E-state index in [1.54, 1.807) is 0 Å².